The van der Waals surface area contributed by atoms with Crippen LogP contribution in [0.2, 0.25) is 0 Å². The maximum atomic E-state index is 3.78. The zero-order valence-electron chi connectivity index (χ0n) is 6.96. The summed E-state index contributed by atoms with van der Waals surface area (Å²) in [5, 5.41) is 10.9. The maximum Gasteiger partial charge on any atom is 0.143 e. The first kappa shape index (κ1) is 7.67. The lowest BCUT2D eigenvalue weighted by Gasteiger charge is -1.99. The van der Waals surface area contributed by atoms with Gasteiger partial charge in [-0.2, -0.15) is 0 Å². The minimum absolute atomic E-state index is 0.933. The van der Waals surface area contributed by atoms with Gasteiger partial charge in [-0.3, -0.25) is 0 Å². The number of aromatic nitrogens is 4. The predicted octanol–water partition coefficient (Wildman–Crippen LogP) is 1.31. The fourth-order valence-electron chi connectivity index (χ4n) is 1.07. The molecule has 0 unspecified atom stereocenters. The van der Waals surface area contributed by atoms with Crippen LogP contribution in [0, 0.1) is 0 Å². The molecule has 0 saturated heterocycles. The molecule has 0 spiro atoms. The monoisotopic (exact) mass is 172 g/mol. The molecule has 0 amide bonds. The van der Waals surface area contributed by atoms with E-state index in [1.54, 1.807) is 17.1 Å². The SMILES string of the molecule is C=Cc1cccc(-n2cnnn2)c1. The van der Waals surface area contributed by atoms with Crippen LogP contribution >= 0.6 is 0 Å². The highest BCUT2D eigenvalue weighted by Gasteiger charge is 1.96. The molecule has 13 heavy (non-hydrogen) atoms. The minimum atomic E-state index is 0.933. The molecule has 4 nitrogen and oxygen atoms in total. The number of hydrogen-bond donors (Lipinski definition) is 0. The molecule has 0 aliphatic heterocycles. The molecule has 0 bridgehead atoms. The Morgan fingerprint density at radius 2 is 2.31 bits per heavy atom. The van der Waals surface area contributed by atoms with E-state index in [1.807, 2.05) is 24.3 Å². The van der Waals surface area contributed by atoms with Crippen LogP contribution < -0.4 is 0 Å². The van der Waals surface area contributed by atoms with E-state index in [0.717, 1.165) is 11.3 Å². The Morgan fingerprint density at radius 3 is 3.00 bits per heavy atom. The first-order valence-electron chi connectivity index (χ1n) is 3.86. The van der Waals surface area contributed by atoms with Crippen LogP contribution in [-0.4, -0.2) is 20.2 Å². The van der Waals surface area contributed by atoms with Crippen LogP contribution in [0.5, 0.6) is 0 Å². The minimum Gasteiger partial charge on any atom is -0.201 e. The van der Waals surface area contributed by atoms with E-state index in [2.05, 4.69) is 22.1 Å². The van der Waals surface area contributed by atoms with Crippen LogP contribution in [0.1, 0.15) is 5.56 Å². The highest BCUT2D eigenvalue weighted by molar-refractivity contribution is 5.51. The topological polar surface area (TPSA) is 43.6 Å². The summed E-state index contributed by atoms with van der Waals surface area (Å²) >= 11 is 0. The average Bonchev–Trinajstić information content (AvgIpc) is 2.71. The number of tetrazole rings is 1. The number of benzene rings is 1. The zero-order valence-corrected chi connectivity index (χ0v) is 6.96. The van der Waals surface area contributed by atoms with Crippen LogP contribution in [0.3, 0.4) is 0 Å². The summed E-state index contributed by atoms with van der Waals surface area (Å²) in [5.41, 5.74) is 1.98. The number of hydrogen-bond acceptors (Lipinski definition) is 3. The molecule has 0 fully saturated rings. The smallest absolute Gasteiger partial charge is 0.143 e. The van der Waals surface area contributed by atoms with Crippen molar-refractivity contribution in [2.75, 3.05) is 0 Å². The Kier molecular flexibility index (Phi) is 1.88. The fourth-order valence-corrected chi connectivity index (χ4v) is 1.07. The van der Waals surface area contributed by atoms with Crippen LogP contribution in [-0.2, 0) is 0 Å². The maximum absolute atomic E-state index is 3.78. The fraction of sp³-hybridized carbons (Fsp3) is 0. The highest BCUT2D eigenvalue weighted by atomic mass is 15.5. The third kappa shape index (κ3) is 1.46. The van der Waals surface area contributed by atoms with Crippen molar-refractivity contribution in [3.05, 3.63) is 42.7 Å². The first-order valence-corrected chi connectivity index (χ1v) is 3.86. The van der Waals surface area contributed by atoms with Gasteiger partial charge in [-0.1, -0.05) is 24.8 Å². The molecular formula is C9H8N4. The average molecular weight is 172 g/mol. The summed E-state index contributed by atoms with van der Waals surface area (Å²) in [7, 11) is 0. The second-order valence-electron chi connectivity index (χ2n) is 2.55. The Bertz CT molecular complexity index is 405. The summed E-state index contributed by atoms with van der Waals surface area (Å²) in [6.45, 7) is 3.69. The van der Waals surface area contributed by atoms with E-state index in [4.69, 9.17) is 0 Å². The van der Waals surface area contributed by atoms with E-state index >= 15 is 0 Å². The molecule has 0 N–H and O–H groups in total. The molecule has 2 rings (SSSR count). The number of rotatable bonds is 2. The summed E-state index contributed by atoms with van der Waals surface area (Å²) in [6.07, 6.45) is 3.34. The second-order valence-corrected chi connectivity index (χ2v) is 2.55. The van der Waals surface area contributed by atoms with Gasteiger partial charge in [0, 0.05) is 0 Å². The summed E-state index contributed by atoms with van der Waals surface area (Å²) in [5.74, 6) is 0. The van der Waals surface area contributed by atoms with Crippen LogP contribution in [0.4, 0.5) is 0 Å². The van der Waals surface area contributed by atoms with Gasteiger partial charge in [0.15, 0.2) is 0 Å². The highest BCUT2D eigenvalue weighted by Crippen LogP contribution is 2.08. The van der Waals surface area contributed by atoms with Crippen molar-refractivity contribution < 1.29 is 0 Å². The lowest BCUT2D eigenvalue weighted by atomic mass is 10.2. The summed E-state index contributed by atoms with van der Waals surface area (Å²) in [6, 6.07) is 7.81. The summed E-state index contributed by atoms with van der Waals surface area (Å²) < 4.78 is 1.60. The van der Waals surface area contributed by atoms with Crippen molar-refractivity contribution >= 4 is 6.08 Å². The molecule has 0 saturated carbocycles. The van der Waals surface area contributed by atoms with Crippen molar-refractivity contribution in [3.8, 4) is 5.69 Å². The third-order valence-electron chi connectivity index (χ3n) is 1.72. The van der Waals surface area contributed by atoms with E-state index in [1.165, 1.54) is 0 Å². The van der Waals surface area contributed by atoms with E-state index < -0.39 is 0 Å². The largest absolute Gasteiger partial charge is 0.201 e. The molecule has 0 aliphatic rings. The van der Waals surface area contributed by atoms with Gasteiger partial charge in [0.05, 0.1) is 5.69 Å². The molecule has 1 aromatic carbocycles. The van der Waals surface area contributed by atoms with Crippen molar-refractivity contribution in [1.82, 2.24) is 20.2 Å². The molecule has 0 atom stereocenters. The predicted molar refractivity (Wildman–Crippen MR) is 49.2 cm³/mol. The standard InChI is InChI=1S/C9H8N4/c1-2-8-4-3-5-9(6-8)13-7-10-11-12-13/h2-7H,1H2. The third-order valence-corrected chi connectivity index (χ3v) is 1.72. The molecule has 1 aromatic heterocycles. The number of nitrogens with zero attached hydrogens (tertiary/aromatic N) is 4. The summed E-state index contributed by atoms with van der Waals surface area (Å²) in [4.78, 5) is 0. The normalized spacial score (nSPS) is 9.85. The van der Waals surface area contributed by atoms with Crippen molar-refractivity contribution in [3.63, 3.8) is 0 Å². The van der Waals surface area contributed by atoms with Gasteiger partial charge < -0.3 is 0 Å². The Balaban J connectivity index is 2.47. The van der Waals surface area contributed by atoms with E-state index in [9.17, 15) is 0 Å². The molecule has 0 radical (unpaired) electrons. The van der Waals surface area contributed by atoms with E-state index in [0.29, 0.717) is 0 Å². The molecule has 2 aromatic rings. The lowest BCUT2D eigenvalue weighted by molar-refractivity contribution is 0.789. The molecule has 0 aliphatic carbocycles. The van der Waals surface area contributed by atoms with Crippen molar-refractivity contribution in [2.45, 2.75) is 0 Å². The van der Waals surface area contributed by atoms with Crippen LogP contribution in [0.15, 0.2) is 37.2 Å². The van der Waals surface area contributed by atoms with Gasteiger partial charge in [-0.05, 0) is 28.1 Å². The quantitative estimate of drug-likeness (QED) is 0.685. The van der Waals surface area contributed by atoms with Gasteiger partial charge in [0.1, 0.15) is 6.33 Å². The van der Waals surface area contributed by atoms with E-state index in [-0.39, 0.29) is 0 Å². The Morgan fingerprint density at radius 1 is 1.38 bits per heavy atom. The van der Waals surface area contributed by atoms with Crippen molar-refractivity contribution in [2.24, 2.45) is 0 Å². The lowest BCUT2D eigenvalue weighted by Crippen LogP contribution is -1.94. The Hall–Kier alpha value is -1.97. The molecule has 4 heteroatoms. The first-order chi connectivity index (χ1) is 6.40. The molecular weight excluding hydrogens is 164 g/mol. The molecule has 1 heterocycles. The van der Waals surface area contributed by atoms with Gasteiger partial charge in [-0.25, -0.2) is 4.68 Å². The van der Waals surface area contributed by atoms with Gasteiger partial charge in [0.2, 0.25) is 0 Å². The van der Waals surface area contributed by atoms with Gasteiger partial charge in [-0.15, -0.1) is 5.10 Å². The van der Waals surface area contributed by atoms with Gasteiger partial charge >= 0.3 is 0 Å². The zero-order chi connectivity index (χ0) is 9.10. The second kappa shape index (κ2) is 3.18. The van der Waals surface area contributed by atoms with Gasteiger partial charge in [0.25, 0.3) is 0 Å². The Labute approximate surface area is 75.5 Å². The molecule has 64 valence electrons. The van der Waals surface area contributed by atoms with Crippen LogP contribution in [0.25, 0.3) is 11.8 Å². The van der Waals surface area contributed by atoms with Crippen molar-refractivity contribution in [1.29, 1.82) is 0 Å².